The molecule has 0 radical (unpaired) electrons. The van der Waals surface area contributed by atoms with E-state index in [2.05, 4.69) is 24.1 Å². The van der Waals surface area contributed by atoms with Crippen LogP contribution in [0.4, 0.5) is 0 Å². The second-order valence-electron chi connectivity index (χ2n) is 8.37. The summed E-state index contributed by atoms with van der Waals surface area (Å²) in [5.74, 6) is 1.99. The number of nitrogens with one attached hydrogen (secondary N) is 1. The van der Waals surface area contributed by atoms with E-state index in [1.54, 1.807) is 0 Å². The molecule has 3 aliphatic rings. The largest absolute Gasteiger partial charge is 0.341 e. The summed E-state index contributed by atoms with van der Waals surface area (Å²) in [6.45, 7) is 11.9. The molecule has 0 bridgehead atoms. The van der Waals surface area contributed by atoms with Crippen molar-refractivity contribution in [1.82, 2.24) is 20.0 Å². The van der Waals surface area contributed by atoms with Crippen LogP contribution in [0.1, 0.15) is 33.1 Å². The van der Waals surface area contributed by atoms with Gasteiger partial charge in [-0.25, -0.2) is 0 Å². The van der Waals surface area contributed by atoms with Gasteiger partial charge in [-0.05, 0) is 44.2 Å². The Morgan fingerprint density at radius 2 is 1.52 bits per heavy atom. The lowest BCUT2D eigenvalue weighted by atomic mass is 9.92. The summed E-state index contributed by atoms with van der Waals surface area (Å²) in [4.78, 5) is 31.5. The molecule has 3 fully saturated rings. The fourth-order valence-corrected chi connectivity index (χ4v) is 4.61. The Hall–Kier alpha value is -1.14. The van der Waals surface area contributed by atoms with Crippen molar-refractivity contribution < 1.29 is 9.59 Å². The second-order valence-corrected chi connectivity index (χ2v) is 8.37. The Morgan fingerprint density at radius 3 is 2.12 bits per heavy atom. The van der Waals surface area contributed by atoms with Crippen LogP contribution in [0.3, 0.4) is 0 Å². The summed E-state index contributed by atoms with van der Waals surface area (Å²) >= 11 is 0. The van der Waals surface area contributed by atoms with Crippen molar-refractivity contribution >= 4 is 11.8 Å². The molecule has 3 saturated heterocycles. The number of hydrogen-bond donors (Lipinski definition) is 1. The lowest BCUT2D eigenvalue weighted by molar-refractivity contribution is -0.139. The lowest BCUT2D eigenvalue weighted by Gasteiger charge is -2.39. The van der Waals surface area contributed by atoms with Gasteiger partial charge in [0.1, 0.15) is 0 Å². The van der Waals surface area contributed by atoms with Crippen molar-refractivity contribution in [1.29, 1.82) is 0 Å². The first-order chi connectivity index (χ1) is 12.0. The summed E-state index contributed by atoms with van der Waals surface area (Å²) in [7, 11) is 0. The topological polar surface area (TPSA) is 55.9 Å². The molecule has 0 aromatic heterocycles. The molecule has 3 aliphatic heterocycles. The molecule has 3 rings (SSSR count). The number of hydrogen-bond acceptors (Lipinski definition) is 4. The highest BCUT2D eigenvalue weighted by atomic mass is 16.2. The number of rotatable bonds is 3. The third-order valence-electron chi connectivity index (χ3n) is 5.95. The van der Waals surface area contributed by atoms with E-state index in [1.165, 1.54) is 6.42 Å². The smallest absolute Gasteiger partial charge is 0.236 e. The maximum Gasteiger partial charge on any atom is 0.236 e. The molecule has 2 amide bonds. The summed E-state index contributed by atoms with van der Waals surface area (Å²) < 4.78 is 0. The number of amides is 2. The van der Waals surface area contributed by atoms with Gasteiger partial charge in [-0.1, -0.05) is 13.8 Å². The molecule has 0 aliphatic carbocycles. The van der Waals surface area contributed by atoms with Crippen LogP contribution in [0, 0.1) is 17.8 Å². The average Bonchev–Trinajstić information content (AvgIpc) is 2.61. The van der Waals surface area contributed by atoms with Gasteiger partial charge in [-0.2, -0.15) is 0 Å². The van der Waals surface area contributed by atoms with E-state index in [4.69, 9.17) is 0 Å². The Balaban J connectivity index is 1.42. The Bertz CT molecular complexity index is 460. The molecule has 0 aromatic carbocycles. The van der Waals surface area contributed by atoms with Crippen molar-refractivity contribution in [2.24, 2.45) is 17.8 Å². The second kappa shape index (κ2) is 8.49. The van der Waals surface area contributed by atoms with Gasteiger partial charge in [0.15, 0.2) is 0 Å². The van der Waals surface area contributed by atoms with E-state index < -0.39 is 0 Å². The standard InChI is InChI=1S/C19H34N4O2/c1-15-11-16(2)13-23(12-15)18(24)14-21-7-9-22(10-8-21)19(25)17-3-5-20-6-4-17/h15-17,20H,3-14H2,1-2H3. The molecule has 2 atom stereocenters. The molecular formula is C19H34N4O2. The van der Waals surface area contributed by atoms with E-state index in [9.17, 15) is 9.59 Å². The number of carbonyl (C=O) groups is 2. The Morgan fingerprint density at radius 1 is 0.920 bits per heavy atom. The van der Waals surface area contributed by atoms with Crippen molar-refractivity contribution in [2.75, 3.05) is 58.9 Å². The monoisotopic (exact) mass is 350 g/mol. The minimum absolute atomic E-state index is 0.200. The van der Waals surface area contributed by atoms with Gasteiger partial charge in [-0.15, -0.1) is 0 Å². The quantitative estimate of drug-likeness (QED) is 0.811. The number of likely N-dealkylation sites (tertiary alicyclic amines) is 1. The zero-order valence-electron chi connectivity index (χ0n) is 15.9. The number of piperidine rings is 2. The minimum atomic E-state index is 0.200. The van der Waals surface area contributed by atoms with Crippen molar-refractivity contribution in [3.8, 4) is 0 Å². The molecule has 25 heavy (non-hydrogen) atoms. The van der Waals surface area contributed by atoms with Crippen molar-refractivity contribution in [3.05, 3.63) is 0 Å². The summed E-state index contributed by atoms with van der Waals surface area (Å²) in [5, 5.41) is 3.32. The number of carbonyl (C=O) groups excluding carboxylic acids is 2. The number of piperazine rings is 1. The van der Waals surface area contributed by atoms with Gasteiger partial charge in [0.25, 0.3) is 0 Å². The van der Waals surface area contributed by atoms with Gasteiger partial charge in [0.2, 0.25) is 11.8 Å². The van der Waals surface area contributed by atoms with E-state index in [-0.39, 0.29) is 11.8 Å². The summed E-state index contributed by atoms with van der Waals surface area (Å²) in [6.07, 6.45) is 3.15. The normalized spacial score (nSPS) is 29.7. The van der Waals surface area contributed by atoms with Crippen LogP contribution in [0.2, 0.25) is 0 Å². The lowest BCUT2D eigenvalue weighted by Crippen LogP contribution is -2.54. The van der Waals surface area contributed by atoms with Gasteiger partial charge in [0, 0.05) is 45.2 Å². The minimum Gasteiger partial charge on any atom is -0.341 e. The predicted octanol–water partition coefficient (Wildman–Crippen LogP) is 0.635. The highest BCUT2D eigenvalue weighted by molar-refractivity contribution is 5.80. The van der Waals surface area contributed by atoms with Crippen LogP contribution in [0.5, 0.6) is 0 Å². The first-order valence-corrected chi connectivity index (χ1v) is 10.0. The summed E-state index contributed by atoms with van der Waals surface area (Å²) in [5.41, 5.74) is 0. The molecule has 2 unspecified atom stereocenters. The molecule has 1 N–H and O–H groups in total. The van der Waals surface area contributed by atoms with Gasteiger partial charge >= 0.3 is 0 Å². The van der Waals surface area contributed by atoms with E-state index >= 15 is 0 Å². The van der Waals surface area contributed by atoms with E-state index in [1.807, 2.05) is 9.80 Å². The van der Waals surface area contributed by atoms with Crippen molar-refractivity contribution in [2.45, 2.75) is 33.1 Å². The van der Waals surface area contributed by atoms with Gasteiger partial charge in [-0.3, -0.25) is 14.5 Å². The van der Waals surface area contributed by atoms with Crippen LogP contribution in [-0.4, -0.2) is 85.4 Å². The SMILES string of the molecule is CC1CC(C)CN(C(=O)CN2CCN(C(=O)C3CCNCC3)CC2)C1. The van der Waals surface area contributed by atoms with Gasteiger partial charge in [0.05, 0.1) is 6.54 Å². The molecular weight excluding hydrogens is 316 g/mol. The zero-order chi connectivity index (χ0) is 17.8. The van der Waals surface area contributed by atoms with E-state index in [0.29, 0.717) is 24.3 Å². The maximum atomic E-state index is 12.6. The highest BCUT2D eigenvalue weighted by Crippen LogP contribution is 2.21. The van der Waals surface area contributed by atoms with Crippen LogP contribution < -0.4 is 5.32 Å². The molecule has 0 aromatic rings. The Labute approximate surface area is 151 Å². The molecule has 0 saturated carbocycles. The highest BCUT2D eigenvalue weighted by Gasteiger charge is 2.30. The predicted molar refractivity (Wildman–Crippen MR) is 98.1 cm³/mol. The molecule has 3 heterocycles. The average molecular weight is 351 g/mol. The molecule has 6 heteroatoms. The third kappa shape index (κ3) is 4.94. The zero-order valence-corrected chi connectivity index (χ0v) is 15.9. The molecule has 142 valence electrons. The maximum absolute atomic E-state index is 12.6. The van der Waals surface area contributed by atoms with Crippen LogP contribution >= 0.6 is 0 Å². The fourth-order valence-electron chi connectivity index (χ4n) is 4.61. The Kier molecular flexibility index (Phi) is 6.34. The first-order valence-electron chi connectivity index (χ1n) is 10.0. The summed E-state index contributed by atoms with van der Waals surface area (Å²) in [6, 6.07) is 0. The van der Waals surface area contributed by atoms with Crippen LogP contribution in [0.25, 0.3) is 0 Å². The molecule has 0 spiro atoms. The van der Waals surface area contributed by atoms with Crippen LogP contribution in [0.15, 0.2) is 0 Å². The number of nitrogens with zero attached hydrogens (tertiary/aromatic N) is 3. The third-order valence-corrected chi connectivity index (χ3v) is 5.95. The van der Waals surface area contributed by atoms with Crippen molar-refractivity contribution in [3.63, 3.8) is 0 Å². The first kappa shape index (κ1) is 18.6. The van der Waals surface area contributed by atoms with E-state index in [0.717, 1.165) is 65.2 Å². The van der Waals surface area contributed by atoms with Gasteiger partial charge < -0.3 is 15.1 Å². The fraction of sp³-hybridized carbons (Fsp3) is 0.895. The van der Waals surface area contributed by atoms with Crippen LogP contribution in [-0.2, 0) is 9.59 Å². The molecule has 6 nitrogen and oxygen atoms in total.